The van der Waals surface area contributed by atoms with E-state index < -0.39 is 11.9 Å². The van der Waals surface area contributed by atoms with Gasteiger partial charge in [-0.2, -0.15) is 0 Å². The van der Waals surface area contributed by atoms with Crippen LogP contribution in [0.15, 0.2) is 18.2 Å². The molecular formula is C19H32N2O6. The lowest BCUT2D eigenvalue weighted by Gasteiger charge is -2.20. The number of benzene rings is 1. The molecule has 0 unspecified atom stereocenters. The summed E-state index contributed by atoms with van der Waals surface area (Å²) in [5.74, 6) is -2.71. The molecule has 0 spiro atoms. The fourth-order valence-corrected chi connectivity index (χ4v) is 1.96. The Bertz CT molecular complexity index is 572. The van der Waals surface area contributed by atoms with Gasteiger partial charge < -0.3 is 30.7 Å². The highest BCUT2D eigenvalue weighted by atomic mass is 16.5. The molecule has 0 atom stereocenters. The van der Waals surface area contributed by atoms with E-state index in [2.05, 4.69) is 51.2 Å². The summed E-state index contributed by atoms with van der Waals surface area (Å²) in [6.07, 6.45) is 0. The van der Waals surface area contributed by atoms with Gasteiger partial charge in [-0.25, -0.2) is 9.59 Å². The van der Waals surface area contributed by atoms with Gasteiger partial charge in [0.1, 0.15) is 12.4 Å². The number of aliphatic carboxylic acids is 2. The summed E-state index contributed by atoms with van der Waals surface area (Å²) in [7, 11) is 0. The summed E-state index contributed by atoms with van der Waals surface area (Å²) in [6, 6.07) is 6.39. The first-order valence-corrected chi connectivity index (χ1v) is 8.78. The first-order chi connectivity index (χ1) is 12.6. The van der Waals surface area contributed by atoms with Crippen molar-refractivity contribution >= 4 is 11.9 Å². The van der Waals surface area contributed by atoms with Gasteiger partial charge in [0, 0.05) is 19.6 Å². The molecule has 1 rings (SSSR count). The molecule has 0 radical (unpaired) electrons. The quantitative estimate of drug-likeness (QED) is 0.371. The summed E-state index contributed by atoms with van der Waals surface area (Å²) in [5, 5.41) is 18.0. The van der Waals surface area contributed by atoms with Crippen LogP contribution >= 0.6 is 0 Å². The number of carbonyl (C=O) groups is 2. The average Bonchev–Trinajstić information content (AvgIpc) is 2.58. The van der Waals surface area contributed by atoms with E-state index in [9.17, 15) is 0 Å². The molecule has 1 aromatic carbocycles. The van der Waals surface area contributed by atoms with Crippen molar-refractivity contribution in [1.29, 1.82) is 0 Å². The van der Waals surface area contributed by atoms with Crippen LogP contribution in [0.3, 0.4) is 0 Å². The van der Waals surface area contributed by atoms with E-state index in [-0.39, 0.29) is 5.41 Å². The minimum atomic E-state index is -1.82. The van der Waals surface area contributed by atoms with Crippen molar-refractivity contribution in [2.45, 2.75) is 33.1 Å². The van der Waals surface area contributed by atoms with Crippen molar-refractivity contribution in [1.82, 2.24) is 5.32 Å². The highest BCUT2D eigenvalue weighted by Crippen LogP contribution is 2.27. The third-order valence-corrected chi connectivity index (χ3v) is 3.45. The van der Waals surface area contributed by atoms with Crippen molar-refractivity contribution in [2.24, 2.45) is 5.73 Å². The zero-order valence-corrected chi connectivity index (χ0v) is 16.6. The summed E-state index contributed by atoms with van der Waals surface area (Å²) < 4.78 is 11.3. The number of hydrogen-bond donors (Lipinski definition) is 4. The third-order valence-electron chi connectivity index (χ3n) is 3.45. The van der Waals surface area contributed by atoms with Gasteiger partial charge in [0.2, 0.25) is 0 Å². The van der Waals surface area contributed by atoms with E-state index >= 15 is 0 Å². The molecule has 0 aliphatic carbocycles. The molecule has 0 fully saturated rings. The van der Waals surface area contributed by atoms with Crippen molar-refractivity contribution in [2.75, 3.05) is 39.5 Å². The van der Waals surface area contributed by atoms with Crippen LogP contribution in [0.5, 0.6) is 5.75 Å². The van der Waals surface area contributed by atoms with Gasteiger partial charge in [-0.05, 0) is 29.5 Å². The zero-order chi connectivity index (χ0) is 20.9. The molecule has 154 valence electrons. The Kier molecular flexibility index (Phi) is 12.0. The summed E-state index contributed by atoms with van der Waals surface area (Å²) >= 11 is 0. The van der Waals surface area contributed by atoms with Crippen LogP contribution in [0.25, 0.3) is 0 Å². The monoisotopic (exact) mass is 384 g/mol. The molecule has 0 heterocycles. The summed E-state index contributed by atoms with van der Waals surface area (Å²) in [4.78, 5) is 18.2. The maximum absolute atomic E-state index is 9.10. The highest BCUT2D eigenvalue weighted by Gasteiger charge is 2.14. The number of rotatable bonds is 9. The van der Waals surface area contributed by atoms with Crippen LogP contribution in [0.4, 0.5) is 0 Å². The first-order valence-electron chi connectivity index (χ1n) is 8.78. The molecule has 1 aromatic rings. The van der Waals surface area contributed by atoms with Gasteiger partial charge in [0.05, 0.1) is 13.2 Å². The third kappa shape index (κ3) is 12.0. The number of aryl methyl sites for hydroxylation is 1. The van der Waals surface area contributed by atoms with Gasteiger partial charge >= 0.3 is 11.9 Å². The molecule has 0 aromatic heterocycles. The smallest absolute Gasteiger partial charge is 0.414 e. The Hall–Kier alpha value is -2.16. The molecule has 0 aliphatic rings. The van der Waals surface area contributed by atoms with Crippen molar-refractivity contribution in [3.63, 3.8) is 0 Å². The molecular weight excluding hydrogens is 352 g/mol. The number of carboxylic acids is 2. The van der Waals surface area contributed by atoms with E-state index in [1.165, 1.54) is 11.1 Å². The normalized spacial score (nSPS) is 10.7. The van der Waals surface area contributed by atoms with Crippen LogP contribution in [-0.4, -0.2) is 61.6 Å². The first kappa shape index (κ1) is 24.8. The molecule has 5 N–H and O–H groups in total. The number of nitrogens with two attached hydrogens (primary N) is 1. The van der Waals surface area contributed by atoms with Gasteiger partial charge in [0.15, 0.2) is 0 Å². The van der Waals surface area contributed by atoms with Crippen LogP contribution in [0.2, 0.25) is 0 Å². The largest absolute Gasteiger partial charge is 0.491 e. The lowest BCUT2D eigenvalue weighted by Crippen LogP contribution is -2.26. The molecule has 0 bridgehead atoms. The van der Waals surface area contributed by atoms with Crippen LogP contribution in [-0.2, 0) is 19.7 Å². The fraction of sp³-hybridized carbons (Fsp3) is 0.579. The molecule has 8 heteroatoms. The van der Waals surface area contributed by atoms with E-state index in [1.54, 1.807) is 0 Å². The maximum Gasteiger partial charge on any atom is 0.414 e. The second kappa shape index (κ2) is 13.1. The van der Waals surface area contributed by atoms with E-state index in [4.69, 9.17) is 35.0 Å². The minimum Gasteiger partial charge on any atom is -0.491 e. The number of hydrogen-bond acceptors (Lipinski definition) is 6. The van der Waals surface area contributed by atoms with Crippen molar-refractivity contribution in [3.8, 4) is 5.75 Å². The Labute approximate surface area is 160 Å². The fourth-order valence-electron chi connectivity index (χ4n) is 1.96. The van der Waals surface area contributed by atoms with Crippen LogP contribution < -0.4 is 15.8 Å². The van der Waals surface area contributed by atoms with Crippen LogP contribution in [0, 0.1) is 6.92 Å². The average molecular weight is 384 g/mol. The minimum absolute atomic E-state index is 0.170. The number of nitrogens with one attached hydrogen (secondary N) is 1. The van der Waals surface area contributed by atoms with Gasteiger partial charge in [-0.15, -0.1) is 0 Å². The van der Waals surface area contributed by atoms with E-state index in [0.29, 0.717) is 26.4 Å². The second-order valence-electron chi connectivity index (χ2n) is 6.84. The molecule has 0 aliphatic heterocycles. The summed E-state index contributed by atoms with van der Waals surface area (Å²) in [5.41, 5.74) is 8.05. The molecule has 0 amide bonds. The number of ether oxygens (including phenoxy) is 2. The Morgan fingerprint density at radius 2 is 1.70 bits per heavy atom. The van der Waals surface area contributed by atoms with Gasteiger partial charge in [-0.3, -0.25) is 0 Å². The van der Waals surface area contributed by atoms with Crippen molar-refractivity contribution in [3.05, 3.63) is 29.3 Å². The predicted molar refractivity (Wildman–Crippen MR) is 103 cm³/mol. The SMILES string of the molecule is Cc1cc(C(C)(C)C)ccc1OCCOCCNCCN.O=C(O)C(=O)O. The molecule has 27 heavy (non-hydrogen) atoms. The maximum atomic E-state index is 9.10. The summed E-state index contributed by atoms with van der Waals surface area (Å²) in [6.45, 7) is 12.9. The number of carboxylic acid groups (broad SMARTS) is 2. The highest BCUT2D eigenvalue weighted by molar-refractivity contribution is 6.27. The van der Waals surface area contributed by atoms with E-state index in [1.807, 2.05) is 0 Å². The molecule has 8 nitrogen and oxygen atoms in total. The van der Waals surface area contributed by atoms with Gasteiger partial charge in [0.25, 0.3) is 0 Å². The Morgan fingerprint density at radius 3 is 2.19 bits per heavy atom. The standard InChI is InChI=1S/C17H30N2O2.C2H2O4/c1-14-13-15(17(2,3)4)5-6-16(14)21-12-11-20-10-9-19-8-7-18;3-1(4)2(5)6/h5-6,13,19H,7-12,18H2,1-4H3;(H,3,4)(H,5,6). The van der Waals surface area contributed by atoms with E-state index in [0.717, 1.165) is 18.8 Å². The topological polar surface area (TPSA) is 131 Å². The molecule has 0 saturated heterocycles. The van der Waals surface area contributed by atoms with Crippen molar-refractivity contribution < 1.29 is 29.3 Å². The lowest BCUT2D eigenvalue weighted by molar-refractivity contribution is -0.159. The second-order valence-corrected chi connectivity index (χ2v) is 6.84. The molecule has 0 saturated carbocycles. The van der Waals surface area contributed by atoms with Crippen LogP contribution in [0.1, 0.15) is 31.9 Å². The Balaban J connectivity index is 0.000000972. The predicted octanol–water partition coefficient (Wildman–Crippen LogP) is 1.39. The Morgan fingerprint density at radius 1 is 1.07 bits per heavy atom. The van der Waals surface area contributed by atoms with Gasteiger partial charge in [-0.1, -0.05) is 32.9 Å². The lowest BCUT2D eigenvalue weighted by atomic mass is 9.86. The zero-order valence-electron chi connectivity index (χ0n) is 16.6.